The van der Waals surface area contributed by atoms with Gasteiger partial charge in [-0.25, -0.2) is 0 Å². The van der Waals surface area contributed by atoms with E-state index in [0.29, 0.717) is 6.54 Å². The molecule has 4 rings (SSSR count). The standard InChI is InChI=1S/C29H34N2O2/c1-3-4-5-6-12-21-29(30-24-17-19-25(33-2)20-18-24)26-15-10-11-16-27(26)31(28(29)32)22-23-13-8-7-9-14-23/h7-11,13-20,30H,3-6,12,21-22H2,1-2H3/t29-/m0/s1. The topological polar surface area (TPSA) is 41.6 Å². The van der Waals surface area contributed by atoms with Crippen molar-refractivity contribution in [1.82, 2.24) is 0 Å². The number of unbranched alkanes of at least 4 members (excludes halogenated alkanes) is 4. The second-order valence-corrected chi connectivity index (χ2v) is 8.82. The van der Waals surface area contributed by atoms with Gasteiger partial charge >= 0.3 is 0 Å². The molecule has 1 N–H and O–H groups in total. The molecule has 1 aliphatic rings. The van der Waals surface area contributed by atoms with Crippen molar-refractivity contribution >= 4 is 17.3 Å². The van der Waals surface area contributed by atoms with Crippen LogP contribution in [-0.2, 0) is 16.9 Å². The number of rotatable bonds is 11. The second-order valence-electron chi connectivity index (χ2n) is 8.82. The Labute approximate surface area is 197 Å². The fraction of sp³-hybridized carbons (Fsp3) is 0.345. The lowest BCUT2D eigenvalue weighted by Gasteiger charge is -2.31. The summed E-state index contributed by atoms with van der Waals surface area (Å²) in [6, 6.07) is 26.3. The lowest BCUT2D eigenvalue weighted by atomic mass is 9.85. The van der Waals surface area contributed by atoms with Crippen molar-refractivity contribution < 1.29 is 9.53 Å². The maximum absolute atomic E-state index is 14.2. The monoisotopic (exact) mass is 442 g/mol. The quantitative estimate of drug-likeness (QED) is 0.328. The van der Waals surface area contributed by atoms with Crippen LogP contribution in [0.15, 0.2) is 78.9 Å². The molecule has 0 bridgehead atoms. The van der Waals surface area contributed by atoms with Crippen LogP contribution in [0.2, 0.25) is 0 Å². The van der Waals surface area contributed by atoms with E-state index in [4.69, 9.17) is 4.74 Å². The third-order valence-corrected chi connectivity index (χ3v) is 6.55. The lowest BCUT2D eigenvalue weighted by Crippen LogP contribution is -2.46. The Morgan fingerprint density at radius 3 is 2.27 bits per heavy atom. The number of methoxy groups -OCH3 is 1. The molecule has 0 aliphatic carbocycles. The first kappa shape index (κ1) is 22.9. The number of hydrogen-bond acceptors (Lipinski definition) is 3. The molecule has 0 aromatic heterocycles. The average molecular weight is 443 g/mol. The van der Waals surface area contributed by atoms with Gasteiger partial charge in [0.25, 0.3) is 5.91 Å². The Balaban J connectivity index is 1.69. The van der Waals surface area contributed by atoms with Crippen LogP contribution in [0.3, 0.4) is 0 Å². The van der Waals surface area contributed by atoms with Crippen molar-refractivity contribution in [3.05, 3.63) is 90.0 Å². The highest BCUT2D eigenvalue weighted by molar-refractivity contribution is 6.09. The van der Waals surface area contributed by atoms with Crippen LogP contribution in [0.4, 0.5) is 11.4 Å². The van der Waals surface area contributed by atoms with Crippen LogP contribution in [0.5, 0.6) is 5.75 Å². The van der Waals surface area contributed by atoms with Crippen LogP contribution in [0.1, 0.15) is 56.6 Å². The highest BCUT2D eigenvalue weighted by Gasteiger charge is 2.50. The Kier molecular flexibility index (Phi) is 7.33. The van der Waals surface area contributed by atoms with Gasteiger partial charge in [-0.2, -0.15) is 0 Å². The van der Waals surface area contributed by atoms with Gasteiger partial charge in [-0.3, -0.25) is 4.79 Å². The Morgan fingerprint density at radius 1 is 0.848 bits per heavy atom. The summed E-state index contributed by atoms with van der Waals surface area (Å²) < 4.78 is 5.32. The minimum absolute atomic E-state index is 0.124. The summed E-state index contributed by atoms with van der Waals surface area (Å²) in [5.74, 6) is 0.928. The minimum atomic E-state index is -0.772. The number of amides is 1. The van der Waals surface area contributed by atoms with Crippen molar-refractivity contribution in [1.29, 1.82) is 0 Å². The molecule has 0 radical (unpaired) electrons. The molecule has 0 spiro atoms. The van der Waals surface area contributed by atoms with Gasteiger partial charge in [-0.05, 0) is 42.3 Å². The smallest absolute Gasteiger partial charge is 0.257 e. The van der Waals surface area contributed by atoms with Gasteiger partial charge in [0.1, 0.15) is 11.3 Å². The Bertz CT molecular complexity index is 1050. The van der Waals surface area contributed by atoms with Gasteiger partial charge in [0.2, 0.25) is 0 Å². The molecule has 0 saturated heterocycles. The fourth-order valence-corrected chi connectivity index (χ4v) is 4.79. The van der Waals surface area contributed by atoms with Crippen molar-refractivity contribution in [2.75, 3.05) is 17.3 Å². The molecule has 1 aliphatic heterocycles. The van der Waals surface area contributed by atoms with E-state index in [1.165, 1.54) is 19.3 Å². The van der Waals surface area contributed by atoms with Crippen molar-refractivity contribution in [2.45, 2.75) is 57.5 Å². The third-order valence-electron chi connectivity index (χ3n) is 6.55. The predicted octanol–water partition coefficient (Wildman–Crippen LogP) is 6.91. The summed E-state index contributed by atoms with van der Waals surface area (Å²) >= 11 is 0. The molecule has 4 nitrogen and oxygen atoms in total. The van der Waals surface area contributed by atoms with Crippen molar-refractivity contribution in [3.8, 4) is 5.75 Å². The van der Waals surface area contributed by atoms with E-state index in [1.807, 2.05) is 59.5 Å². The number of anilines is 2. The second kappa shape index (κ2) is 10.6. The number of carbonyl (C=O) groups is 1. The molecule has 1 amide bonds. The summed E-state index contributed by atoms with van der Waals surface area (Å²) in [6.45, 7) is 2.80. The molecule has 0 fully saturated rings. The summed E-state index contributed by atoms with van der Waals surface area (Å²) in [4.78, 5) is 16.1. The minimum Gasteiger partial charge on any atom is -0.497 e. The van der Waals surface area contributed by atoms with Crippen LogP contribution in [0.25, 0.3) is 0 Å². The number of fused-ring (bicyclic) bond motifs is 1. The first-order valence-corrected chi connectivity index (χ1v) is 12.1. The van der Waals surface area contributed by atoms with E-state index in [2.05, 4.69) is 36.5 Å². The molecule has 3 aromatic rings. The zero-order chi connectivity index (χ0) is 23.1. The summed E-state index contributed by atoms with van der Waals surface area (Å²) in [6.07, 6.45) is 6.56. The number of benzene rings is 3. The van der Waals surface area contributed by atoms with E-state index in [-0.39, 0.29) is 5.91 Å². The number of nitrogens with zero attached hydrogens (tertiary/aromatic N) is 1. The van der Waals surface area contributed by atoms with Gasteiger partial charge in [0.15, 0.2) is 0 Å². The van der Waals surface area contributed by atoms with Gasteiger partial charge < -0.3 is 15.0 Å². The van der Waals surface area contributed by atoms with E-state index >= 15 is 0 Å². The van der Waals surface area contributed by atoms with Crippen LogP contribution in [0, 0.1) is 0 Å². The number of para-hydroxylation sites is 1. The predicted molar refractivity (Wildman–Crippen MR) is 136 cm³/mol. The fourth-order valence-electron chi connectivity index (χ4n) is 4.79. The van der Waals surface area contributed by atoms with Gasteiger partial charge in [0, 0.05) is 11.3 Å². The van der Waals surface area contributed by atoms with Gasteiger partial charge in [-0.15, -0.1) is 0 Å². The number of hydrogen-bond donors (Lipinski definition) is 1. The maximum Gasteiger partial charge on any atom is 0.257 e. The first-order valence-electron chi connectivity index (χ1n) is 12.1. The number of nitrogens with one attached hydrogen (secondary N) is 1. The molecule has 3 aromatic carbocycles. The normalized spacial score (nSPS) is 17.2. The van der Waals surface area contributed by atoms with E-state index in [9.17, 15) is 4.79 Å². The molecule has 0 saturated carbocycles. The highest BCUT2D eigenvalue weighted by atomic mass is 16.5. The van der Waals surface area contributed by atoms with Crippen molar-refractivity contribution in [3.63, 3.8) is 0 Å². The molecule has 172 valence electrons. The molecule has 1 heterocycles. The summed E-state index contributed by atoms with van der Waals surface area (Å²) in [5, 5.41) is 3.67. The van der Waals surface area contributed by atoms with Crippen LogP contribution < -0.4 is 15.0 Å². The molecule has 33 heavy (non-hydrogen) atoms. The summed E-state index contributed by atoms with van der Waals surface area (Å²) in [5.41, 5.74) is 3.35. The van der Waals surface area contributed by atoms with E-state index in [0.717, 1.165) is 47.5 Å². The molecule has 1 atom stereocenters. The Morgan fingerprint density at radius 2 is 1.55 bits per heavy atom. The number of carbonyl (C=O) groups excluding carboxylic acids is 1. The largest absolute Gasteiger partial charge is 0.497 e. The number of ether oxygens (including phenoxy) is 1. The van der Waals surface area contributed by atoms with Gasteiger partial charge in [-0.1, -0.05) is 87.6 Å². The zero-order valence-corrected chi connectivity index (χ0v) is 19.7. The highest BCUT2D eigenvalue weighted by Crippen LogP contribution is 2.46. The van der Waals surface area contributed by atoms with Crippen LogP contribution in [-0.4, -0.2) is 13.0 Å². The molecular weight excluding hydrogens is 408 g/mol. The average Bonchev–Trinajstić information content (AvgIpc) is 3.08. The SMILES string of the molecule is CCCCCCC[C@@]1(Nc2ccc(OC)cc2)C(=O)N(Cc2ccccc2)c2ccccc21. The van der Waals surface area contributed by atoms with Gasteiger partial charge in [0.05, 0.1) is 19.3 Å². The Hall–Kier alpha value is -3.27. The summed E-state index contributed by atoms with van der Waals surface area (Å²) in [7, 11) is 1.67. The first-order chi connectivity index (χ1) is 16.2. The van der Waals surface area contributed by atoms with Crippen LogP contribution >= 0.6 is 0 Å². The third kappa shape index (κ3) is 4.90. The zero-order valence-electron chi connectivity index (χ0n) is 19.7. The molecule has 0 unspecified atom stereocenters. The maximum atomic E-state index is 14.2. The van der Waals surface area contributed by atoms with E-state index in [1.54, 1.807) is 7.11 Å². The molecular formula is C29H34N2O2. The lowest BCUT2D eigenvalue weighted by molar-refractivity contribution is -0.122. The van der Waals surface area contributed by atoms with Crippen molar-refractivity contribution in [2.24, 2.45) is 0 Å². The van der Waals surface area contributed by atoms with E-state index < -0.39 is 5.54 Å². The molecule has 4 heteroatoms.